The van der Waals surface area contributed by atoms with E-state index < -0.39 is 0 Å². The van der Waals surface area contributed by atoms with Crippen molar-refractivity contribution in [3.05, 3.63) is 42.0 Å². The SMILES string of the molecule is c1ccc([C]2CSCCO2)cc1. The van der Waals surface area contributed by atoms with Gasteiger partial charge in [0, 0.05) is 11.5 Å². The molecular weight excluding hydrogens is 168 g/mol. The Balaban J connectivity index is 2.08. The smallest absolute Gasteiger partial charge is 0.136 e. The molecule has 2 rings (SSSR count). The molecule has 1 fully saturated rings. The second-order valence-corrected chi connectivity index (χ2v) is 3.80. The highest BCUT2D eigenvalue weighted by molar-refractivity contribution is 7.99. The Morgan fingerprint density at radius 2 is 2.00 bits per heavy atom. The zero-order valence-electron chi connectivity index (χ0n) is 6.82. The second kappa shape index (κ2) is 3.97. The molecule has 1 aromatic carbocycles. The number of ether oxygens (including phenoxy) is 1. The monoisotopic (exact) mass is 179 g/mol. The first-order chi connectivity index (χ1) is 5.97. The quantitative estimate of drug-likeness (QED) is 0.654. The van der Waals surface area contributed by atoms with Crippen molar-refractivity contribution >= 4 is 11.8 Å². The van der Waals surface area contributed by atoms with Gasteiger partial charge in [-0.1, -0.05) is 30.3 Å². The molecule has 0 bridgehead atoms. The van der Waals surface area contributed by atoms with Crippen LogP contribution in [0.4, 0.5) is 0 Å². The number of rotatable bonds is 1. The largest absolute Gasteiger partial charge is 0.365 e. The van der Waals surface area contributed by atoms with E-state index in [1.165, 1.54) is 5.56 Å². The Morgan fingerprint density at radius 3 is 2.67 bits per heavy atom. The maximum Gasteiger partial charge on any atom is 0.136 e. The summed E-state index contributed by atoms with van der Waals surface area (Å²) in [7, 11) is 0. The van der Waals surface area contributed by atoms with Crippen molar-refractivity contribution < 1.29 is 4.74 Å². The van der Waals surface area contributed by atoms with Crippen molar-refractivity contribution in [2.45, 2.75) is 0 Å². The molecule has 0 amide bonds. The highest BCUT2D eigenvalue weighted by Gasteiger charge is 2.16. The highest BCUT2D eigenvalue weighted by Crippen LogP contribution is 2.24. The fourth-order valence-electron chi connectivity index (χ4n) is 1.22. The summed E-state index contributed by atoms with van der Waals surface area (Å²) >= 11 is 1.94. The fourth-order valence-corrected chi connectivity index (χ4v) is 2.00. The summed E-state index contributed by atoms with van der Waals surface area (Å²) in [6.07, 6.45) is 1.13. The van der Waals surface area contributed by atoms with Crippen LogP contribution >= 0.6 is 11.8 Å². The molecule has 12 heavy (non-hydrogen) atoms. The van der Waals surface area contributed by atoms with Gasteiger partial charge < -0.3 is 4.74 Å². The number of hydrogen-bond donors (Lipinski definition) is 0. The molecule has 1 nitrogen and oxygen atoms in total. The number of thioether (sulfide) groups is 1. The maximum absolute atomic E-state index is 5.56. The maximum atomic E-state index is 5.56. The topological polar surface area (TPSA) is 9.23 Å². The molecule has 2 heteroatoms. The third kappa shape index (κ3) is 1.82. The lowest BCUT2D eigenvalue weighted by atomic mass is 10.1. The minimum Gasteiger partial charge on any atom is -0.365 e. The van der Waals surface area contributed by atoms with E-state index in [0.717, 1.165) is 24.2 Å². The van der Waals surface area contributed by atoms with Gasteiger partial charge in [0.05, 0.1) is 6.61 Å². The summed E-state index contributed by atoms with van der Waals surface area (Å²) < 4.78 is 5.56. The average molecular weight is 179 g/mol. The van der Waals surface area contributed by atoms with Gasteiger partial charge in [0.25, 0.3) is 0 Å². The van der Waals surface area contributed by atoms with E-state index in [4.69, 9.17) is 4.74 Å². The van der Waals surface area contributed by atoms with Gasteiger partial charge in [-0.3, -0.25) is 0 Å². The predicted octanol–water partition coefficient (Wildman–Crippen LogP) is 2.33. The molecule has 1 aliphatic heterocycles. The van der Waals surface area contributed by atoms with Crippen LogP contribution in [0.25, 0.3) is 0 Å². The molecule has 0 saturated carbocycles. The number of hydrogen-bond acceptors (Lipinski definition) is 2. The van der Waals surface area contributed by atoms with Crippen LogP contribution in [-0.2, 0) is 4.74 Å². The van der Waals surface area contributed by atoms with Gasteiger partial charge in [-0.05, 0) is 5.56 Å². The molecule has 1 saturated heterocycles. The Hall–Kier alpha value is -0.470. The third-order valence-electron chi connectivity index (χ3n) is 1.83. The minimum absolute atomic E-state index is 0.856. The van der Waals surface area contributed by atoms with E-state index in [9.17, 15) is 0 Å². The van der Waals surface area contributed by atoms with Gasteiger partial charge in [-0.2, -0.15) is 11.8 Å². The van der Waals surface area contributed by atoms with Crippen molar-refractivity contribution in [3.8, 4) is 0 Å². The first-order valence-electron chi connectivity index (χ1n) is 4.08. The van der Waals surface area contributed by atoms with Gasteiger partial charge in [0.2, 0.25) is 0 Å². The molecule has 63 valence electrons. The lowest BCUT2D eigenvalue weighted by Crippen LogP contribution is -2.16. The lowest BCUT2D eigenvalue weighted by Gasteiger charge is -2.20. The molecule has 0 atom stereocenters. The highest BCUT2D eigenvalue weighted by atomic mass is 32.2. The van der Waals surface area contributed by atoms with Crippen LogP contribution in [0.3, 0.4) is 0 Å². The van der Waals surface area contributed by atoms with E-state index in [2.05, 4.69) is 12.1 Å². The summed E-state index contributed by atoms with van der Waals surface area (Å²) in [5, 5.41) is 0. The summed E-state index contributed by atoms with van der Waals surface area (Å²) in [4.78, 5) is 0. The van der Waals surface area contributed by atoms with Crippen LogP contribution in [0.15, 0.2) is 30.3 Å². The van der Waals surface area contributed by atoms with Crippen molar-refractivity contribution in [2.75, 3.05) is 18.1 Å². The molecule has 1 heterocycles. The molecule has 0 N–H and O–H groups in total. The molecule has 1 aliphatic rings. The van der Waals surface area contributed by atoms with Crippen molar-refractivity contribution in [1.29, 1.82) is 0 Å². The molecule has 1 radical (unpaired) electrons. The molecule has 0 spiro atoms. The Bertz CT molecular complexity index is 229. The van der Waals surface area contributed by atoms with Crippen LogP contribution in [0.2, 0.25) is 0 Å². The zero-order valence-corrected chi connectivity index (χ0v) is 7.64. The lowest BCUT2D eigenvalue weighted by molar-refractivity contribution is 0.180. The zero-order chi connectivity index (χ0) is 8.23. The van der Waals surface area contributed by atoms with Gasteiger partial charge in [-0.15, -0.1) is 0 Å². The molecule has 0 aromatic heterocycles. The average Bonchev–Trinajstić information content (AvgIpc) is 2.21. The van der Waals surface area contributed by atoms with Crippen LogP contribution in [0, 0.1) is 6.10 Å². The van der Waals surface area contributed by atoms with Crippen LogP contribution in [0.1, 0.15) is 5.56 Å². The van der Waals surface area contributed by atoms with Crippen LogP contribution in [0.5, 0.6) is 0 Å². The summed E-state index contributed by atoms with van der Waals surface area (Å²) in [6.45, 7) is 0.856. The first-order valence-corrected chi connectivity index (χ1v) is 5.24. The van der Waals surface area contributed by atoms with E-state index in [1.807, 2.05) is 30.0 Å². The standard InChI is InChI=1S/C10H11OS/c1-2-4-9(5-3-1)10-8-12-7-6-11-10/h1-5H,6-8H2. The van der Waals surface area contributed by atoms with Gasteiger partial charge in [0.15, 0.2) is 0 Å². The Labute approximate surface area is 77.1 Å². The summed E-state index contributed by atoms with van der Waals surface area (Å²) in [5.74, 6) is 2.14. The van der Waals surface area contributed by atoms with Gasteiger partial charge >= 0.3 is 0 Å². The van der Waals surface area contributed by atoms with Gasteiger partial charge in [-0.25, -0.2) is 0 Å². The molecule has 0 unspecified atom stereocenters. The van der Waals surface area contributed by atoms with E-state index >= 15 is 0 Å². The van der Waals surface area contributed by atoms with Gasteiger partial charge in [0.1, 0.15) is 6.10 Å². The normalized spacial score (nSPS) is 19.3. The van der Waals surface area contributed by atoms with Crippen LogP contribution in [-0.4, -0.2) is 18.1 Å². The van der Waals surface area contributed by atoms with Crippen molar-refractivity contribution in [1.82, 2.24) is 0 Å². The van der Waals surface area contributed by atoms with E-state index in [0.29, 0.717) is 0 Å². The van der Waals surface area contributed by atoms with Crippen molar-refractivity contribution in [2.24, 2.45) is 0 Å². The second-order valence-electron chi connectivity index (χ2n) is 2.69. The molecule has 0 aliphatic carbocycles. The first kappa shape index (κ1) is 8.14. The summed E-state index contributed by atoms with van der Waals surface area (Å²) in [5.41, 5.74) is 1.23. The third-order valence-corrected chi connectivity index (χ3v) is 2.75. The summed E-state index contributed by atoms with van der Waals surface area (Å²) in [6, 6.07) is 10.3. The van der Waals surface area contributed by atoms with E-state index in [1.54, 1.807) is 0 Å². The Morgan fingerprint density at radius 1 is 1.17 bits per heavy atom. The van der Waals surface area contributed by atoms with Crippen LogP contribution < -0.4 is 0 Å². The van der Waals surface area contributed by atoms with E-state index in [-0.39, 0.29) is 0 Å². The predicted molar refractivity (Wildman–Crippen MR) is 52.1 cm³/mol. The Kier molecular flexibility index (Phi) is 2.69. The number of benzene rings is 1. The molecule has 1 aromatic rings. The molecular formula is C10H11OS. The minimum atomic E-state index is 0.856. The fraction of sp³-hybridized carbons (Fsp3) is 0.300. The van der Waals surface area contributed by atoms with Crippen molar-refractivity contribution in [3.63, 3.8) is 0 Å².